The first-order valence-electron chi connectivity index (χ1n) is 33.0. The number of anilines is 6. The second-order valence-electron chi connectivity index (χ2n) is 29.3. The predicted octanol–water partition coefficient (Wildman–Crippen LogP) is 26.6. The summed E-state index contributed by atoms with van der Waals surface area (Å²) in [6.07, 6.45) is 0. The number of rotatable bonds is 11. The van der Waals surface area contributed by atoms with Crippen LogP contribution in [-0.4, -0.2) is 0 Å². The summed E-state index contributed by atoms with van der Waals surface area (Å²) in [6.45, 7) is 32.4. The quantitative estimate of drug-likeness (QED) is 0.0941. The molecule has 0 heterocycles. The summed E-state index contributed by atoms with van der Waals surface area (Å²) in [5, 5.41) is 22.7. The molecule has 0 saturated carbocycles. The molecule has 15 rings (SSSR count). The van der Waals surface area contributed by atoms with Crippen LogP contribution in [0.4, 0.5) is 34.1 Å². The standard InChI is InChI=1S/C88H82N2/c1-51(2)55-28-37-64(38-29-55)89(65-39-30-56(31-40-65)52(3)4)85-79-50-77-69-20-16-15-19-68(69)70-21-17-23-72(80(70)77)82(79)86(90(66-41-32-57(33-42-66)53(5)6)67-43-34-58(35-44-67)54(7)8)84-78-47-61-26-25-60(46-74(61)71-22-18-24-73(81(71)78)83(84)85)76-49-63(88(12,13)14)45-59-27-36-62(48-75(59)76)87(9,10)11/h15-54H,1-14H3. The third kappa shape index (κ3) is 9.18. The molecular formula is C88H82N2. The smallest absolute Gasteiger partial charge is 0.0632 e. The number of hydrogen-bond acceptors (Lipinski definition) is 2. The molecule has 0 spiro atoms. The molecule has 0 radical (unpaired) electrons. The monoisotopic (exact) mass is 1170 g/mol. The van der Waals surface area contributed by atoms with Crippen LogP contribution in [0, 0.1) is 0 Å². The van der Waals surface area contributed by atoms with Crippen LogP contribution in [-0.2, 0) is 10.8 Å². The molecule has 0 saturated heterocycles. The lowest BCUT2D eigenvalue weighted by molar-refractivity contribution is 0.589. The Morgan fingerprint density at radius 3 is 1.17 bits per heavy atom. The van der Waals surface area contributed by atoms with Crippen LogP contribution in [0.2, 0.25) is 0 Å². The normalized spacial score (nSPS) is 12.7. The van der Waals surface area contributed by atoms with Gasteiger partial charge in [-0.05, 0) is 227 Å². The molecule has 444 valence electrons. The van der Waals surface area contributed by atoms with Gasteiger partial charge in [0.1, 0.15) is 0 Å². The first-order chi connectivity index (χ1) is 43.2. The molecule has 2 heteroatoms. The average molecular weight is 1170 g/mol. The molecule has 15 aromatic carbocycles. The largest absolute Gasteiger partial charge is 0.309 e. The van der Waals surface area contributed by atoms with Crippen LogP contribution < -0.4 is 9.80 Å². The highest BCUT2D eigenvalue weighted by Gasteiger charge is 2.33. The number of benzene rings is 13. The molecule has 0 fully saturated rings. The van der Waals surface area contributed by atoms with Crippen molar-refractivity contribution in [2.24, 2.45) is 0 Å². The Morgan fingerprint density at radius 1 is 0.256 bits per heavy atom. The molecule has 0 atom stereocenters. The van der Waals surface area contributed by atoms with Gasteiger partial charge in [0.15, 0.2) is 0 Å². The van der Waals surface area contributed by atoms with Gasteiger partial charge in [-0.1, -0.05) is 243 Å². The molecule has 0 aliphatic carbocycles. The van der Waals surface area contributed by atoms with E-state index in [1.54, 1.807) is 0 Å². The van der Waals surface area contributed by atoms with Crippen LogP contribution in [0.15, 0.2) is 218 Å². The number of hydrogen-bond donors (Lipinski definition) is 0. The zero-order valence-electron chi connectivity index (χ0n) is 55.0. The maximum absolute atomic E-state index is 2.64. The van der Waals surface area contributed by atoms with E-state index in [0.29, 0.717) is 23.7 Å². The van der Waals surface area contributed by atoms with Crippen molar-refractivity contribution < 1.29 is 0 Å². The highest BCUT2D eigenvalue weighted by Crippen LogP contribution is 2.60. The van der Waals surface area contributed by atoms with Crippen molar-refractivity contribution in [3.8, 4) is 11.1 Å². The summed E-state index contributed by atoms with van der Waals surface area (Å²) in [5.41, 5.74) is 17.3. The lowest BCUT2D eigenvalue weighted by Crippen LogP contribution is -2.15. The fourth-order valence-corrected chi connectivity index (χ4v) is 14.9. The Balaban J connectivity index is 1.17. The van der Waals surface area contributed by atoms with Crippen molar-refractivity contribution in [1.29, 1.82) is 0 Å². The van der Waals surface area contributed by atoms with Gasteiger partial charge < -0.3 is 9.80 Å². The number of nitrogens with zero attached hydrogens (tertiary/aromatic N) is 2. The van der Waals surface area contributed by atoms with Crippen LogP contribution >= 0.6 is 0 Å². The van der Waals surface area contributed by atoms with Crippen LogP contribution in [0.25, 0.3) is 108 Å². The molecule has 0 N–H and O–H groups in total. The minimum Gasteiger partial charge on any atom is -0.309 e. The molecule has 0 aliphatic rings. The van der Waals surface area contributed by atoms with Crippen molar-refractivity contribution in [3.05, 3.63) is 252 Å². The number of fused-ring (bicyclic) bond motifs is 11. The molecular weight excluding hydrogens is 1080 g/mol. The minimum absolute atomic E-state index is 0.000214. The van der Waals surface area contributed by atoms with Gasteiger partial charge in [0.25, 0.3) is 0 Å². The van der Waals surface area contributed by atoms with Crippen molar-refractivity contribution in [2.45, 2.75) is 131 Å². The topological polar surface area (TPSA) is 6.48 Å². The summed E-state index contributed by atoms with van der Waals surface area (Å²) in [7, 11) is 0. The zero-order chi connectivity index (χ0) is 62.4. The average Bonchev–Trinajstić information content (AvgIpc) is 1.47. The maximum atomic E-state index is 2.64. The van der Waals surface area contributed by atoms with E-state index < -0.39 is 0 Å². The van der Waals surface area contributed by atoms with Crippen molar-refractivity contribution in [1.82, 2.24) is 0 Å². The SMILES string of the molecule is CC(C)c1ccc(N(c2ccc(C(C)C)cc2)c2c3cc4c5ccccc5c5cccc(c3c(N(c3ccc(C(C)C)cc3)c3ccc(C(C)C)cc3)c3c6cc7ccc(-c8cc(C(C)(C)C)cc9ccc(C(C)(C)C)cc89)cc7c7cccc(c23)c76)c54)cc1. The minimum atomic E-state index is -0.0419. The molecule has 0 unspecified atom stereocenters. The van der Waals surface area contributed by atoms with Gasteiger partial charge in [-0.2, -0.15) is 0 Å². The van der Waals surface area contributed by atoms with Crippen molar-refractivity contribution >= 4 is 131 Å². The van der Waals surface area contributed by atoms with E-state index in [-0.39, 0.29) is 10.8 Å². The van der Waals surface area contributed by atoms with E-state index in [1.807, 2.05) is 0 Å². The summed E-state index contributed by atoms with van der Waals surface area (Å²) in [5.74, 6) is 1.52. The molecule has 2 nitrogen and oxygen atoms in total. The molecule has 0 aliphatic heterocycles. The summed E-state index contributed by atoms with van der Waals surface area (Å²) in [4.78, 5) is 5.27. The predicted molar refractivity (Wildman–Crippen MR) is 395 cm³/mol. The van der Waals surface area contributed by atoms with Crippen LogP contribution in [0.5, 0.6) is 0 Å². The van der Waals surface area contributed by atoms with Gasteiger partial charge >= 0.3 is 0 Å². The van der Waals surface area contributed by atoms with E-state index in [2.05, 4.69) is 325 Å². The van der Waals surface area contributed by atoms with E-state index in [0.717, 1.165) is 22.7 Å². The molecule has 90 heavy (non-hydrogen) atoms. The van der Waals surface area contributed by atoms with Gasteiger partial charge in [0.05, 0.1) is 11.4 Å². The highest BCUT2D eigenvalue weighted by molar-refractivity contribution is 6.47. The Kier molecular flexibility index (Phi) is 13.5. The Bertz CT molecular complexity index is 5170. The Labute approximate surface area is 532 Å². The van der Waals surface area contributed by atoms with E-state index in [9.17, 15) is 0 Å². The first kappa shape index (κ1) is 57.2. The molecule has 0 amide bonds. The zero-order valence-corrected chi connectivity index (χ0v) is 55.0. The first-order valence-corrected chi connectivity index (χ1v) is 33.0. The summed E-state index contributed by atoms with van der Waals surface area (Å²) in [6, 6.07) is 85.9. The van der Waals surface area contributed by atoms with E-state index in [4.69, 9.17) is 0 Å². The van der Waals surface area contributed by atoms with Crippen molar-refractivity contribution in [2.75, 3.05) is 9.80 Å². The van der Waals surface area contributed by atoms with Crippen LogP contribution in [0.3, 0.4) is 0 Å². The Hall–Kier alpha value is -9.24. The molecule has 0 aromatic heterocycles. The molecule has 0 bridgehead atoms. The lowest BCUT2D eigenvalue weighted by atomic mass is 9.81. The van der Waals surface area contributed by atoms with Crippen LogP contribution in [0.1, 0.15) is 154 Å². The molecule has 15 aromatic rings. The Morgan fingerprint density at radius 2 is 0.667 bits per heavy atom. The van der Waals surface area contributed by atoms with E-state index in [1.165, 1.54) is 153 Å². The van der Waals surface area contributed by atoms with Crippen molar-refractivity contribution in [3.63, 3.8) is 0 Å². The fraction of sp³-hybridized carbons (Fsp3) is 0.227. The van der Waals surface area contributed by atoms with Gasteiger partial charge in [0, 0.05) is 44.3 Å². The lowest BCUT2D eigenvalue weighted by Gasteiger charge is -2.33. The maximum Gasteiger partial charge on any atom is 0.0632 e. The summed E-state index contributed by atoms with van der Waals surface area (Å²) < 4.78 is 0. The second kappa shape index (κ2) is 21.2. The van der Waals surface area contributed by atoms with Gasteiger partial charge in [-0.25, -0.2) is 0 Å². The van der Waals surface area contributed by atoms with E-state index >= 15 is 0 Å². The fourth-order valence-electron chi connectivity index (χ4n) is 14.9. The van der Waals surface area contributed by atoms with Gasteiger partial charge in [-0.15, -0.1) is 0 Å². The second-order valence-corrected chi connectivity index (χ2v) is 29.3. The van der Waals surface area contributed by atoms with Gasteiger partial charge in [0.2, 0.25) is 0 Å². The third-order valence-electron chi connectivity index (χ3n) is 20.1. The highest BCUT2D eigenvalue weighted by atomic mass is 15.2. The summed E-state index contributed by atoms with van der Waals surface area (Å²) >= 11 is 0. The van der Waals surface area contributed by atoms with Gasteiger partial charge in [-0.3, -0.25) is 0 Å². The third-order valence-corrected chi connectivity index (χ3v) is 20.1.